The number of likely N-dealkylation sites (N-methyl/N-ethyl adjacent to an activating group) is 1. The number of hydrogen-bond acceptors (Lipinski definition) is 5. The molecule has 0 aliphatic heterocycles. The van der Waals surface area contributed by atoms with Crippen molar-refractivity contribution in [3.8, 4) is 5.75 Å². The molecule has 0 radical (unpaired) electrons. The maximum Gasteiger partial charge on any atom is 0.244 e. The number of amides is 1. The Bertz CT molecular complexity index is 581. The number of anilines is 1. The minimum absolute atomic E-state index is 0.0638. The Balaban J connectivity index is 1.98. The summed E-state index contributed by atoms with van der Waals surface area (Å²) in [6.07, 6.45) is 1.40. The molecule has 2 aromatic rings. The van der Waals surface area contributed by atoms with Gasteiger partial charge in [-0.25, -0.2) is 9.67 Å². The fourth-order valence-corrected chi connectivity index (χ4v) is 1.63. The molecule has 0 saturated carbocycles. The Morgan fingerprint density at radius 1 is 1.47 bits per heavy atom. The number of phenols is 1. The number of hydrogen-bond donors (Lipinski definition) is 2. The number of rotatable bonds is 4. The second kappa shape index (κ2) is 5.38. The lowest BCUT2D eigenvalue weighted by Gasteiger charge is -2.17. The molecular formula is C12H15N5O2. The van der Waals surface area contributed by atoms with Crippen LogP contribution < -0.4 is 5.73 Å². The second-order valence-corrected chi connectivity index (χ2v) is 4.18. The van der Waals surface area contributed by atoms with Crippen molar-refractivity contribution in [2.75, 3.05) is 12.8 Å². The van der Waals surface area contributed by atoms with Crippen molar-refractivity contribution in [3.05, 3.63) is 36.2 Å². The highest BCUT2D eigenvalue weighted by Gasteiger charge is 2.12. The van der Waals surface area contributed by atoms with E-state index in [1.165, 1.54) is 15.9 Å². The summed E-state index contributed by atoms with van der Waals surface area (Å²) in [5, 5.41) is 13.5. The Hall–Kier alpha value is -2.57. The molecule has 0 unspecified atom stereocenters. The first-order chi connectivity index (χ1) is 9.06. The zero-order valence-corrected chi connectivity index (χ0v) is 10.5. The third kappa shape index (κ3) is 3.21. The molecule has 1 aromatic carbocycles. The summed E-state index contributed by atoms with van der Waals surface area (Å²) in [4.78, 5) is 17.2. The molecule has 3 N–H and O–H groups in total. The minimum Gasteiger partial charge on any atom is -0.508 e. The van der Waals surface area contributed by atoms with E-state index in [1.807, 2.05) is 6.07 Å². The molecule has 0 fully saturated rings. The third-order valence-corrected chi connectivity index (χ3v) is 2.68. The molecule has 0 bridgehead atoms. The van der Waals surface area contributed by atoms with E-state index in [-0.39, 0.29) is 24.1 Å². The molecule has 19 heavy (non-hydrogen) atoms. The van der Waals surface area contributed by atoms with Crippen LogP contribution in [0.15, 0.2) is 30.6 Å². The quantitative estimate of drug-likeness (QED) is 0.820. The standard InChI is InChI=1S/C12H15N5O2/c1-16(6-9-4-2-3-5-10(9)18)11(19)7-17-8-14-12(13)15-17/h2-5,8,18H,6-7H2,1H3,(H2,13,15). The molecule has 1 amide bonds. The monoisotopic (exact) mass is 261 g/mol. The van der Waals surface area contributed by atoms with Crippen LogP contribution in [0.4, 0.5) is 5.95 Å². The lowest BCUT2D eigenvalue weighted by molar-refractivity contribution is -0.131. The lowest BCUT2D eigenvalue weighted by atomic mass is 10.2. The summed E-state index contributed by atoms with van der Waals surface area (Å²) in [6.45, 7) is 0.393. The maximum absolute atomic E-state index is 12.0. The zero-order valence-electron chi connectivity index (χ0n) is 10.5. The highest BCUT2D eigenvalue weighted by atomic mass is 16.3. The van der Waals surface area contributed by atoms with E-state index in [1.54, 1.807) is 25.2 Å². The molecular weight excluding hydrogens is 246 g/mol. The highest BCUT2D eigenvalue weighted by Crippen LogP contribution is 2.17. The van der Waals surface area contributed by atoms with E-state index in [9.17, 15) is 9.90 Å². The molecule has 1 aromatic heterocycles. The van der Waals surface area contributed by atoms with E-state index in [0.717, 1.165) is 0 Å². The number of phenolic OH excluding ortho intramolecular Hbond substituents is 1. The van der Waals surface area contributed by atoms with Gasteiger partial charge in [0.05, 0.1) is 0 Å². The van der Waals surface area contributed by atoms with Crippen LogP contribution in [0.3, 0.4) is 0 Å². The Kier molecular flexibility index (Phi) is 3.65. The molecule has 0 saturated heterocycles. The summed E-state index contributed by atoms with van der Waals surface area (Å²) in [5.41, 5.74) is 6.06. The van der Waals surface area contributed by atoms with Gasteiger partial charge < -0.3 is 15.7 Å². The minimum atomic E-state index is -0.145. The summed E-state index contributed by atoms with van der Waals surface area (Å²) in [6, 6.07) is 6.91. The van der Waals surface area contributed by atoms with Gasteiger partial charge in [-0.3, -0.25) is 4.79 Å². The first-order valence-electron chi connectivity index (χ1n) is 5.72. The molecule has 0 spiro atoms. The van der Waals surface area contributed by atoms with Crippen LogP contribution in [0.1, 0.15) is 5.56 Å². The largest absolute Gasteiger partial charge is 0.508 e. The first-order valence-corrected chi connectivity index (χ1v) is 5.72. The van der Waals surface area contributed by atoms with Gasteiger partial charge in [0.25, 0.3) is 0 Å². The zero-order chi connectivity index (χ0) is 13.8. The van der Waals surface area contributed by atoms with Gasteiger partial charge >= 0.3 is 0 Å². The number of nitrogen functional groups attached to an aromatic ring is 1. The first kappa shape index (κ1) is 12.9. The van der Waals surface area contributed by atoms with Crippen molar-refractivity contribution in [1.29, 1.82) is 0 Å². The molecule has 1 heterocycles. The molecule has 100 valence electrons. The van der Waals surface area contributed by atoms with Gasteiger partial charge in [0.1, 0.15) is 18.6 Å². The van der Waals surface area contributed by atoms with Gasteiger partial charge in [-0.1, -0.05) is 18.2 Å². The van der Waals surface area contributed by atoms with Crippen molar-refractivity contribution in [3.63, 3.8) is 0 Å². The van der Waals surface area contributed by atoms with Crippen LogP contribution >= 0.6 is 0 Å². The van der Waals surface area contributed by atoms with Gasteiger partial charge in [-0.2, -0.15) is 0 Å². The maximum atomic E-state index is 12.0. The molecule has 7 heteroatoms. The summed E-state index contributed by atoms with van der Waals surface area (Å²) in [5.74, 6) is 0.163. The van der Waals surface area contributed by atoms with Crippen LogP contribution in [0, 0.1) is 0 Å². The number of para-hydroxylation sites is 1. The van der Waals surface area contributed by atoms with E-state index < -0.39 is 0 Å². The number of carbonyl (C=O) groups is 1. The van der Waals surface area contributed by atoms with Gasteiger partial charge in [-0.15, -0.1) is 5.10 Å². The number of aromatic hydroxyl groups is 1. The predicted octanol–water partition coefficient (Wildman–Crippen LogP) is 0.224. The average molecular weight is 261 g/mol. The van der Waals surface area contributed by atoms with E-state index in [0.29, 0.717) is 12.1 Å². The Morgan fingerprint density at radius 2 is 2.21 bits per heavy atom. The summed E-state index contributed by atoms with van der Waals surface area (Å²) >= 11 is 0. The average Bonchev–Trinajstić information content (AvgIpc) is 2.77. The normalized spacial score (nSPS) is 10.4. The predicted molar refractivity (Wildman–Crippen MR) is 69.0 cm³/mol. The number of nitrogens with two attached hydrogens (primary N) is 1. The van der Waals surface area contributed by atoms with Crippen LogP contribution in [-0.4, -0.2) is 37.7 Å². The van der Waals surface area contributed by atoms with Crippen molar-refractivity contribution in [2.24, 2.45) is 0 Å². The van der Waals surface area contributed by atoms with Crippen LogP contribution in [0.2, 0.25) is 0 Å². The Labute approximate surface area is 110 Å². The van der Waals surface area contributed by atoms with Crippen molar-refractivity contribution >= 4 is 11.9 Å². The van der Waals surface area contributed by atoms with E-state index in [2.05, 4.69) is 10.1 Å². The van der Waals surface area contributed by atoms with Gasteiger partial charge in [-0.05, 0) is 6.07 Å². The van der Waals surface area contributed by atoms with E-state index >= 15 is 0 Å². The molecule has 0 aliphatic rings. The van der Waals surface area contributed by atoms with Crippen molar-refractivity contribution in [1.82, 2.24) is 19.7 Å². The fourth-order valence-electron chi connectivity index (χ4n) is 1.63. The topological polar surface area (TPSA) is 97.3 Å². The van der Waals surface area contributed by atoms with Crippen molar-refractivity contribution in [2.45, 2.75) is 13.1 Å². The number of carbonyl (C=O) groups excluding carboxylic acids is 1. The van der Waals surface area contributed by atoms with Gasteiger partial charge in [0.2, 0.25) is 11.9 Å². The second-order valence-electron chi connectivity index (χ2n) is 4.18. The summed E-state index contributed by atoms with van der Waals surface area (Å²) in [7, 11) is 1.66. The van der Waals surface area contributed by atoms with Gasteiger partial charge in [0.15, 0.2) is 0 Å². The summed E-state index contributed by atoms with van der Waals surface area (Å²) < 4.78 is 1.37. The van der Waals surface area contributed by atoms with Crippen LogP contribution in [0.5, 0.6) is 5.75 Å². The Morgan fingerprint density at radius 3 is 2.84 bits per heavy atom. The van der Waals surface area contributed by atoms with Crippen molar-refractivity contribution < 1.29 is 9.90 Å². The fraction of sp³-hybridized carbons (Fsp3) is 0.250. The lowest BCUT2D eigenvalue weighted by Crippen LogP contribution is -2.30. The SMILES string of the molecule is CN(Cc1ccccc1O)C(=O)Cn1cnc(N)n1. The smallest absolute Gasteiger partial charge is 0.244 e. The molecule has 7 nitrogen and oxygen atoms in total. The molecule has 2 rings (SSSR count). The molecule has 0 atom stereocenters. The number of nitrogens with zero attached hydrogens (tertiary/aromatic N) is 4. The third-order valence-electron chi connectivity index (χ3n) is 2.68. The van der Waals surface area contributed by atoms with E-state index in [4.69, 9.17) is 5.73 Å². The molecule has 0 aliphatic carbocycles. The number of aromatic nitrogens is 3. The number of benzene rings is 1. The van der Waals surface area contributed by atoms with Crippen LogP contribution in [-0.2, 0) is 17.9 Å². The highest BCUT2D eigenvalue weighted by molar-refractivity contribution is 5.75. The van der Waals surface area contributed by atoms with Crippen LogP contribution in [0.25, 0.3) is 0 Å². The van der Waals surface area contributed by atoms with Gasteiger partial charge in [0, 0.05) is 19.2 Å².